The molecule has 2 aromatic carbocycles. The van der Waals surface area contributed by atoms with E-state index in [1.807, 2.05) is 50.4 Å². The van der Waals surface area contributed by atoms with Crippen LogP contribution in [0.1, 0.15) is 18.3 Å². The number of aryl methyl sites for hydroxylation is 1. The van der Waals surface area contributed by atoms with Crippen molar-refractivity contribution in [1.29, 1.82) is 0 Å². The Labute approximate surface area is 153 Å². The van der Waals surface area contributed by atoms with Gasteiger partial charge in [0.2, 0.25) is 0 Å². The fraction of sp³-hybridized carbons (Fsp3) is 0.300. The number of aromatic nitrogens is 2. The van der Waals surface area contributed by atoms with E-state index in [4.69, 9.17) is 4.74 Å². The van der Waals surface area contributed by atoms with Crippen LogP contribution in [0, 0.1) is 0 Å². The first-order valence-corrected chi connectivity index (χ1v) is 8.78. The average molecular weight is 351 g/mol. The second kappa shape index (κ2) is 8.38. The number of rotatable bonds is 6. The van der Waals surface area contributed by atoms with Crippen molar-refractivity contribution in [3.05, 3.63) is 59.9 Å². The zero-order chi connectivity index (χ0) is 18.4. The summed E-state index contributed by atoms with van der Waals surface area (Å²) in [7, 11) is 3.79. The van der Waals surface area contributed by atoms with Crippen molar-refractivity contribution in [3.63, 3.8) is 0 Å². The minimum absolute atomic E-state index is 0.595. The molecule has 0 amide bonds. The molecule has 26 heavy (non-hydrogen) atoms. The lowest BCUT2D eigenvalue weighted by Crippen LogP contribution is -2.37. The van der Waals surface area contributed by atoms with E-state index >= 15 is 0 Å². The van der Waals surface area contributed by atoms with Crippen molar-refractivity contribution in [3.8, 4) is 5.75 Å². The molecule has 136 valence electrons. The number of ether oxygens (including phenoxy) is 1. The van der Waals surface area contributed by atoms with Gasteiger partial charge >= 0.3 is 0 Å². The molecule has 0 fully saturated rings. The summed E-state index contributed by atoms with van der Waals surface area (Å²) in [6.07, 6.45) is 0. The van der Waals surface area contributed by atoms with E-state index < -0.39 is 0 Å². The van der Waals surface area contributed by atoms with Gasteiger partial charge in [-0.25, -0.2) is 4.98 Å². The van der Waals surface area contributed by atoms with Crippen LogP contribution in [0.15, 0.2) is 53.5 Å². The average Bonchev–Trinajstić information content (AvgIpc) is 2.99. The van der Waals surface area contributed by atoms with E-state index in [0.717, 1.165) is 34.1 Å². The highest BCUT2D eigenvalue weighted by Crippen LogP contribution is 2.17. The number of hydrogen-bond acceptors (Lipinski definition) is 3. The zero-order valence-electron chi connectivity index (χ0n) is 15.5. The van der Waals surface area contributed by atoms with Crippen LogP contribution in [0.3, 0.4) is 0 Å². The molecular formula is C20H25N5O. The van der Waals surface area contributed by atoms with E-state index in [1.54, 1.807) is 7.05 Å². The van der Waals surface area contributed by atoms with Crippen LogP contribution in [0.4, 0.5) is 0 Å². The van der Waals surface area contributed by atoms with Crippen molar-refractivity contribution in [1.82, 2.24) is 20.2 Å². The van der Waals surface area contributed by atoms with Crippen LogP contribution in [0.25, 0.3) is 11.0 Å². The predicted octanol–water partition coefficient (Wildman–Crippen LogP) is 2.84. The smallest absolute Gasteiger partial charge is 0.191 e. The predicted molar refractivity (Wildman–Crippen MR) is 105 cm³/mol. The van der Waals surface area contributed by atoms with Crippen LogP contribution in [-0.2, 0) is 20.1 Å². The van der Waals surface area contributed by atoms with Gasteiger partial charge < -0.3 is 19.9 Å². The first-order valence-electron chi connectivity index (χ1n) is 8.78. The number of fused-ring (bicyclic) bond motifs is 1. The molecule has 0 saturated carbocycles. The molecule has 3 rings (SSSR count). The molecule has 0 aliphatic heterocycles. The van der Waals surface area contributed by atoms with Crippen molar-refractivity contribution in [2.75, 3.05) is 13.7 Å². The quantitative estimate of drug-likeness (QED) is 0.529. The Balaban J connectivity index is 1.62. The Morgan fingerprint density at radius 2 is 1.81 bits per heavy atom. The molecule has 0 spiro atoms. The Morgan fingerprint density at radius 1 is 1.08 bits per heavy atom. The van der Waals surface area contributed by atoms with Crippen molar-refractivity contribution in [2.45, 2.75) is 20.0 Å². The Bertz CT molecular complexity index is 900. The van der Waals surface area contributed by atoms with Crippen LogP contribution in [0.2, 0.25) is 0 Å². The summed E-state index contributed by atoms with van der Waals surface area (Å²) in [5, 5.41) is 6.65. The van der Waals surface area contributed by atoms with Gasteiger partial charge in [0.15, 0.2) is 5.96 Å². The van der Waals surface area contributed by atoms with Gasteiger partial charge in [-0.05, 0) is 25.1 Å². The summed E-state index contributed by atoms with van der Waals surface area (Å²) in [4.78, 5) is 8.97. The number of guanidine groups is 1. The normalized spacial score (nSPS) is 11.6. The first kappa shape index (κ1) is 17.8. The summed E-state index contributed by atoms with van der Waals surface area (Å²) in [5.74, 6) is 2.58. The van der Waals surface area contributed by atoms with Gasteiger partial charge in [-0.1, -0.05) is 30.3 Å². The van der Waals surface area contributed by atoms with E-state index in [2.05, 4.69) is 37.3 Å². The van der Waals surface area contributed by atoms with Crippen LogP contribution in [-0.4, -0.2) is 29.2 Å². The number of aliphatic imine (C=N–C) groups is 1. The maximum atomic E-state index is 5.67. The van der Waals surface area contributed by atoms with E-state index in [1.165, 1.54) is 0 Å². The molecule has 0 unspecified atom stereocenters. The number of nitrogens with one attached hydrogen (secondary N) is 2. The summed E-state index contributed by atoms with van der Waals surface area (Å²) in [5.41, 5.74) is 3.22. The highest BCUT2D eigenvalue weighted by molar-refractivity contribution is 5.80. The van der Waals surface area contributed by atoms with Gasteiger partial charge in [0.1, 0.15) is 11.6 Å². The van der Waals surface area contributed by atoms with E-state index in [0.29, 0.717) is 19.7 Å². The minimum atomic E-state index is 0.595. The summed E-state index contributed by atoms with van der Waals surface area (Å²) in [6, 6.07) is 16.1. The fourth-order valence-electron chi connectivity index (χ4n) is 2.86. The van der Waals surface area contributed by atoms with Gasteiger partial charge in [0, 0.05) is 26.2 Å². The van der Waals surface area contributed by atoms with Crippen molar-refractivity contribution >= 4 is 17.0 Å². The molecule has 0 aliphatic carbocycles. The number of benzene rings is 2. The molecule has 0 saturated heterocycles. The number of hydrogen-bond donors (Lipinski definition) is 2. The lowest BCUT2D eigenvalue weighted by Gasteiger charge is -2.14. The zero-order valence-corrected chi connectivity index (χ0v) is 15.5. The van der Waals surface area contributed by atoms with Gasteiger partial charge in [0.05, 0.1) is 24.2 Å². The van der Waals surface area contributed by atoms with Crippen LogP contribution < -0.4 is 15.4 Å². The highest BCUT2D eigenvalue weighted by Gasteiger charge is 2.08. The summed E-state index contributed by atoms with van der Waals surface area (Å²) >= 11 is 0. The number of nitrogens with zero attached hydrogens (tertiary/aromatic N) is 3. The minimum Gasteiger partial charge on any atom is -0.494 e. The Kier molecular flexibility index (Phi) is 5.73. The lowest BCUT2D eigenvalue weighted by atomic mass is 10.2. The second-order valence-corrected chi connectivity index (χ2v) is 5.90. The first-order chi connectivity index (χ1) is 12.7. The molecule has 1 aromatic heterocycles. The maximum absolute atomic E-state index is 5.67. The third kappa shape index (κ3) is 3.96. The molecular weight excluding hydrogens is 326 g/mol. The van der Waals surface area contributed by atoms with Crippen molar-refractivity contribution in [2.24, 2.45) is 12.0 Å². The van der Waals surface area contributed by atoms with Gasteiger partial charge in [-0.15, -0.1) is 0 Å². The Morgan fingerprint density at radius 3 is 2.58 bits per heavy atom. The largest absolute Gasteiger partial charge is 0.494 e. The molecule has 2 N–H and O–H groups in total. The SMILES string of the molecule is CCOc1ccccc1CNC(=NC)NCc1nc2ccccc2n1C. The molecule has 0 radical (unpaired) electrons. The van der Waals surface area contributed by atoms with Gasteiger partial charge in [0.25, 0.3) is 0 Å². The molecule has 3 aromatic rings. The molecule has 0 bridgehead atoms. The van der Waals surface area contributed by atoms with Crippen LogP contribution >= 0.6 is 0 Å². The molecule has 6 heteroatoms. The molecule has 0 aliphatic rings. The maximum Gasteiger partial charge on any atom is 0.191 e. The van der Waals surface area contributed by atoms with E-state index in [9.17, 15) is 0 Å². The highest BCUT2D eigenvalue weighted by atomic mass is 16.5. The standard InChI is InChI=1S/C20H25N5O/c1-4-26-18-12-8-5-9-15(18)13-22-20(21-2)23-14-19-24-16-10-6-7-11-17(16)25(19)3/h5-12H,4,13-14H2,1-3H3,(H2,21,22,23). The van der Waals surface area contributed by atoms with E-state index in [-0.39, 0.29) is 0 Å². The summed E-state index contributed by atoms with van der Waals surface area (Å²) < 4.78 is 7.77. The topological polar surface area (TPSA) is 63.5 Å². The fourth-order valence-corrected chi connectivity index (χ4v) is 2.86. The third-order valence-electron chi connectivity index (χ3n) is 4.24. The molecule has 0 atom stereocenters. The Hall–Kier alpha value is -3.02. The second-order valence-electron chi connectivity index (χ2n) is 5.90. The molecule has 6 nitrogen and oxygen atoms in total. The van der Waals surface area contributed by atoms with Crippen molar-refractivity contribution < 1.29 is 4.74 Å². The molecule has 1 heterocycles. The number of para-hydroxylation sites is 3. The van der Waals surface area contributed by atoms with Crippen LogP contribution in [0.5, 0.6) is 5.75 Å². The number of imidazole rings is 1. The monoisotopic (exact) mass is 351 g/mol. The van der Waals surface area contributed by atoms with Gasteiger partial charge in [-0.2, -0.15) is 0 Å². The van der Waals surface area contributed by atoms with Gasteiger partial charge in [-0.3, -0.25) is 4.99 Å². The lowest BCUT2D eigenvalue weighted by molar-refractivity contribution is 0.336. The third-order valence-corrected chi connectivity index (χ3v) is 4.24. The summed E-state index contributed by atoms with van der Waals surface area (Å²) in [6.45, 7) is 3.87.